The maximum Gasteiger partial charge on any atom is 0.226 e. The van der Waals surface area contributed by atoms with E-state index in [0.717, 1.165) is 11.4 Å². The van der Waals surface area contributed by atoms with Gasteiger partial charge in [-0.3, -0.25) is 9.78 Å². The van der Waals surface area contributed by atoms with E-state index in [1.807, 2.05) is 24.3 Å². The van der Waals surface area contributed by atoms with Crippen molar-refractivity contribution in [1.29, 1.82) is 0 Å². The normalized spacial score (nSPS) is 18.1. The molecule has 0 saturated carbocycles. The SMILES string of the molecule is CC(C)n1cccc1[C@@H]1[C@@H](c2ccccn2)NC(=S)N1CCC(=O)Nc1ccc(F)cc1. The molecule has 2 atom stereocenters. The third-order valence-corrected chi connectivity index (χ3v) is 5.93. The van der Waals surface area contributed by atoms with Crippen LogP contribution in [0.25, 0.3) is 0 Å². The Balaban J connectivity index is 1.56. The molecule has 3 aromatic rings. The van der Waals surface area contributed by atoms with Crippen LogP contribution in [-0.2, 0) is 4.79 Å². The first-order chi connectivity index (χ1) is 15.4. The van der Waals surface area contributed by atoms with Gasteiger partial charge < -0.3 is 20.1 Å². The lowest BCUT2D eigenvalue weighted by atomic mass is 10.0. The number of benzene rings is 1. The fraction of sp³-hybridized carbons (Fsp3) is 0.292. The molecule has 2 N–H and O–H groups in total. The number of hydrogen-bond acceptors (Lipinski definition) is 3. The van der Waals surface area contributed by atoms with E-state index in [1.54, 1.807) is 18.3 Å². The second-order valence-corrected chi connectivity index (χ2v) is 8.45. The number of rotatable bonds is 7. The Morgan fingerprint density at radius 2 is 1.97 bits per heavy atom. The average molecular weight is 452 g/mol. The number of carbonyl (C=O) groups is 1. The van der Waals surface area contributed by atoms with Crippen molar-refractivity contribution < 1.29 is 9.18 Å². The standard InChI is InChI=1S/C24H26FN5OS/c1-16(2)29-14-5-7-20(29)23-22(19-6-3-4-13-26-19)28-24(32)30(23)15-12-21(31)27-18-10-8-17(25)9-11-18/h3-11,13-14,16,22-23H,12,15H2,1-2H3,(H,27,31)(H,28,32)/t22-,23-/m1/s1. The Hall–Kier alpha value is -3.26. The van der Waals surface area contributed by atoms with E-state index < -0.39 is 0 Å². The van der Waals surface area contributed by atoms with Crippen molar-refractivity contribution in [3.8, 4) is 0 Å². The molecule has 1 aromatic carbocycles. The fourth-order valence-electron chi connectivity index (χ4n) is 4.07. The van der Waals surface area contributed by atoms with Crippen LogP contribution in [0.1, 0.15) is 49.8 Å². The van der Waals surface area contributed by atoms with Gasteiger partial charge in [-0.1, -0.05) is 6.07 Å². The third-order valence-electron chi connectivity index (χ3n) is 5.58. The van der Waals surface area contributed by atoms with Crippen LogP contribution in [0.4, 0.5) is 10.1 Å². The molecule has 1 saturated heterocycles. The largest absolute Gasteiger partial charge is 0.352 e. The summed E-state index contributed by atoms with van der Waals surface area (Å²) in [6.45, 7) is 4.72. The Kier molecular flexibility index (Phi) is 6.50. The van der Waals surface area contributed by atoms with E-state index in [1.165, 1.54) is 12.1 Å². The van der Waals surface area contributed by atoms with Crippen LogP contribution in [0, 0.1) is 5.82 Å². The van der Waals surface area contributed by atoms with Gasteiger partial charge in [0, 0.05) is 42.8 Å². The number of carbonyl (C=O) groups excluding carboxylic acids is 1. The number of anilines is 1. The molecule has 0 unspecified atom stereocenters. The first-order valence-corrected chi connectivity index (χ1v) is 11.0. The third kappa shape index (κ3) is 4.65. The highest BCUT2D eigenvalue weighted by molar-refractivity contribution is 7.80. The monoisotopic (exact) mass is 451 g/mol. The highest BCUT2D eigenvalue weighted by Gasteiger charge is 2.41. The molecular formula is C24H26FN5OS. The van der Waals surface area contributed by atoms with Gasteiger partial charge in [0.15, 0.2) is 5.11 Å². The summed E-state index contributed by atoms with van der Waals surface area (Å²) in [5.74, 6) is -0.494. The van der Waals surface area contributed by atoms with Crippen molar-refractivity contribution >= 4 is 28.9 Å². The molecule has 8 heteroatoms. The van der Waals surface area contributed by atoms with Crippen LogP contribution in [0.2, 0.25) is 0 Å². The topological polar surface area (TPSA) is 62.2 Å². The Morgan fingerprint density at radius 3 is 2.66 bits per heavy atom. The van der Waals surface area contributed by atoms with Crippen LogP contribution >= 0.6 is 12.2 Å². The van der Waals surface area contributed by atoms with Crippen molar-refractivity contribution in [3.05, 3.63) is 84.2 Å². The number of thiocarbonyl (C=S) groups is 1. The number of amides is 1. The molecule has 1 fully saturated rings. The second-order valence-electron chi connectivity index (χ2n) is 8.06. The van der Waals surface area contributed by atoms with Gasteiger partial charge in [0.25, 0.3) is 0 Å². The molecule has 0 spiro atoms. The number of halogens is 1. The van der Waals surface area contributed by atoms with Gasteiger partial charge in [0.1, 0.15) is 5.82 Å². The molecule has 4 rings (SSSR count). The van der Waals surface area contributed by atoms with Gasteiger partial charge in [-0.25, -0.2) is 4.39 Å². The lowest BCUT2D eigenvalue weighted by Crippen LogP contribution is -2.33. The fourth-order valence-corrected chi connectivity index (χ4v) is 4.41. The zero-order valence-electron chi connectivity index (χ0n) is 18.0. The van der Waals surface area contributed by atoms with Crippen molar-refractivity contribution in [3.63, 3.8) is 0 Å². The number of aromatic nitrogens is 2. The maximum absolute atomic E-state index is 13.1. The molecule has 6 nitrogen and oxygen atoms in total. The number of pyridine rings is 1. The van der Waals surface area contributed by atoms with Crippen molar-refractivity contribution in [2.75, 3.05) is 11.9 Å². The zero-order valence-corrected chi connectivity index (χ0v) is 18.8. The molecule has 0 bridgehead atoms. The molecule has 1 amide bonds. The van der Waals surface area contributed by atoms with E-state index in [0.29, 0.717) is 17.3 Å². The molecule has 3 heterocycles. The summed E-state index contributed by atoms with van der Waals surface area (Å²) in [5.41, 5.74) is 2.58. The second kappa shape index (κ2) is 9.48. The molecular weight excluding hydrogens is 425 g/mol. The molecule has 0 aliphatic carbocycles. The highest BCUT2D eigenvalue weighted by Crippen LogP contribution is 2.39. The molecule has 166 valence electrons. The van der Waals surface area contributed by atoms with E-state index in [-0.39, 0.29) is 36.3 Å². The van der Waals surface area contributed by atoms with Crippen LogP contribution in [0.3, 0.4) is 0 Å². The summed E-state index contributed by atoms with van der Waals surface area (Å²) in [4.78, 5) is 19.2. The van der Waals surface area contributed by atoms with Crippen molar-refractivity contribution in [2.45, 2.75) is 38.4 Å². The van der Waals surface area contributed by atoms with Crippen LogP contribution in [0.15, 0.2) is 67.0 Å². The van der Waals surface area contributed by atoms with Gasteiger partial charge in [-0.05, 0) is 74.6 Å². The molecule has 1 aliphatic heterocycles. The van der Waals surface area contributed by atoms with Crippen LogP contribution < -0.4 is 10.6 Å². The minimum Gasteiger partial charge on any atom is -0.352 e. The molecule has 32 heavy (non-hydrogen) atoms. The summed E-state index contributed by atoms with van der Waals surface area (Å²) in [5, 5.41) is 6.82. The molecule has 0 radical (unpaired) electrons. The summed E-state index contributed by atoms with van der Waals surface area (Å²) >= 11 is 5.68. The lowest BCUT2D eigenvalue weighted by Gasteiger charge is -2.29. The average Bonchev–Trinajstić information content (AvgIpc) is 3.39. The van der Waals surface area contributed by atoms with E-state index in [2.05, 4.69) is 51.2 Å². The molecule has 1 aliphatic rings. The molecule has 2 aromatic heterocycles. The maximum atomic E-state index is 13.1. The number of nitrogens with one attached hydrogen (secondary N) is 2. The van der Waals surface area contributed by atoms with E-state index >= 15 is 0 Å². The summed E-state index contributed by atoms with van der Waals surface area (Å²) in [7, 11) is 0. The van der Waals surface area contributed by atoms with Gasteiger partial charge in [-0.15, -0.1) is 0 Å². The Morgan fingerprint density at radius 1 is 1.19 bits per heavy atom. The highest BCUT2D eigenvalue weighted by atomic mass is 32.1. The number of nitrogens with zero attached hydrogens (tertiary/aromatic N) is 3. The van der Waals surface area contributed by atoms with Crippen molar-refractivity contribution in [2.24, 2.45) is 0 Å². The first kappa shape index (κ1) is 22.0. The smallest absolute Gasteiger partial charge is 0.226 e. The van der Waals surface area contributed by atoms with Crippen LogP contribution in [0.5, 0.6) is 0 Å². The van der Waals surface area contributed by atoms with Crippen LogP contribution in [-0.4, -0.2) is 32.0 Å². The summed E-state index contributed by atoms with van der Waals surface area (Å²) < 4.78 is 15.3. The van der Waals surface area contributed by atoms with Gasteiger partial charge >= 0.3 is 0 Å². The van der Waals surface area contributed by atoms with Gasteiger partial charge in [-0.2, -0.15) is 0 Å². The van der Waals surface area contributed by atoms with E-state index in [4.69, 9.17) is 12.2 Å². The Labute approximate surface area is 192 Å². The summed E-state index contributed by atoms with van der Waals surface area (Å²) in [6, 6.07) is 15.8. The zero-order chi connectivity index (χ0) is 22.7. The van der Waals surface area contributed by atoms with Crippen molar-refractivity contribution in [1.82, 2.24) is 19.8 Å². The first-order valence-electron chi connectivity index (χ1n) is 10.6. The summed E-state index contributed by atoms with van der Waals surface area (Å²) in [6.07, 6.45) is 4.08. The van der Waals surface area contributed by atoms with E-state index in [9.17, 15) is 9.18 Å². The predicted molar refractivity (Wildman–Crippen MR) is 127 cm³/mol. The van der Waals surface area contributed by atoms with Gasteiger partial charge in [0.2, 0.25) is 5.91 Å². The van der Waals surface area contributed by atoms with Gasteiger partial charge in [0.05, 0.1) is 17.8 Å². The minimum atomic E-state index is -0.340. The minimum absolute atomic E-state index is 0.103. The predicted octanol–water partition coefficient (Wildman–Crippen LogP) is 4.60. The lowest BCUT2D eigenvalue weighted by molar-refractivity contribution is -0.116. The Bertz CT molecular complexity index is 1080. The quantitative estimate of drug-likeness (QED) is 0.514. The number of hydrogen-bond donors (Lipinski definition) is 2.